The lowest BCUT2D eigenvalue weighted by Gasteiger charge is -2.20. The number of hydrogen-bond donors (Lipinski definition) is 3. The number of ether oxygens (including phenoxy) is 1. The molecule has 2 amide bonds. The summed E-state index contributed by atoms with van der Waals surface area (Å²) in [4.78, 5) is 12.1. The van der Waals surface area contributed by atoms with E-state index < -0.39 is 10.0 Å². The SMILES string of the molecule is CNS(=O)(=O)c1cccc(CNC(=O)NC(C)C2CCCO2)c1. The first-order valence-corrected chi connectivity index (χ1v) is 9.09. The van der Waals surface area contributed by atoms with Crippen LogP contribution in [0.4, 0.5) is 4.79 Å². The standard InChI is InChI=1S/C15H23N3O4S/c1-11(14-7-4-8-22-14)18-15(19)17-10-12-5-3-6-13(9-12)23(20,21)16-2/h3,5-6,9,11,14,16H,4,7-8,10H2,1-2H3,(H2,17,18,19). The van der Waals surface area contributed by atoms with Crippen LogP contribution < -0.4 is 15.4 Å². The highest BCUT2D eigenvalue weighted by atomic mass is 32.2. The van der Waals surface area contributed by atoms with Crippen LogP contribution in [-0.2, 0) is 21.3 Å². The van der Waals surface area contributed by atoms with Crippen molar-refractivity contribution in [3.8, 4) is 0 Å². The number of sulfonamides is 1. The van der Waals surface area contributed by atoms with E-state index in [0.29, 0.717) is 5.56 Å². The van der Waals surface area contributed by atoms with E-state index in [0.717, 1.165) is 19.4 Å². The number of carbonyl (C=O) groups is 1. The van der Waals surface area contributed by atoms with Crippen molar-refractivity contribution < 1.29 is 17.9 Å². The summed E-state index contributed by atoms with van der Waals surface area (Å²) >= 11 is 0. The van der Waals surface area contributed by atoms with Crippen molar-refractivity contribution in [3.63, 3.8) is 0 Å². The van der Waals surface area contributed by atoms with Crippen LogP contribution in [0.2, 0.25) is 0 Å². The molecule has 1 aromatic rings. The van der Waals surface area contributed by atoms with Gasteiger partial charge in [0.2, 0.25) is 10.0 Å². The summed E-state index contributed by atoms with van der Waals surface area (Å²) in [5.74, 6) is 0. The molecule has 0 bridgehead atoms. The quantitative estimate of drug-likeness (QED) is 0.718. The number of urea groups is 1. The molecular formula is C15H23N3O4S. The molecule has 2 atom stereocenters. The van der Waals surface area contributed by atoms with Crippen LogP contribution in [0, 0.1) is 0 Å². The molecule has 1 aliphatic rings. The Balaban J connectivity index is 1.88. The molecule has 128 valence electrons. The maximum Gasteiger partial charge on any atom is 0.315 e. The van der Waals surface area contributed by atoms with Crippen LogP contribution >= 0.6 is 0 Å². The second-order valence-corrected chi connectivity index (χ2v) is 7.41. The first-order valence-electron chi connectivity index (χ1n) is 7.61. The molecular weight excluding hydrogens is 318 g/mol. The molecule has 1 fully saturated rings. The van der Waals surface area contributed by atoms with Crippen LogP contribution in [-0.4, -0.2) is 40.2 Å². The average molecular weight is 341 g/mol. The molecule has 2 rings (SSSR count). The minimum Gasteiger partial charge on any atom is -0.376 e. The fraction of sp³-hybridized carbons (Fsp3) is 0.533. The highest BCUT2D eigenvalue weighted by Crippen LogP contribution is 2.15. The van der Waals surface area contributed by atoms with Crippen LogP contribution in [0.15, 0.2) is 29.2 Å². The van der Waals surface area contributed by atoms with E-state index in [1.54, 1.807) is 12.1 Å². The Bertz CT molecular complexity index is 642. The average Bonchev–Trinajstić information content (AvgIpc) is 3.08. The van der Waals surface area contributed by atoms with Gasteiger partial charge in [-0.05, 0) is 44.5 Å². The lowest BCUT2D eigenvalue weighted by molar-refractivity contribution is 0.0860. The maximum absolute atomic E-state index is 11.9. The van der Waals surface area contributed by atoms with Gasteiger partial charge in [-0.3, -0.25) is 0 Å². The number of benzene rings is 1. The van der Waals surface area contributed by atoms with Crippen molar-refractivity contribution in [2.45, 2.75) is 43.4 Å². The first kappa shape index (κ1) is 17.7. The van der Waals surface area contributed by atoms with Gasteiger partial charge in [0.05, 0.1) is 17.0 Å². The Kier molecular flexibility index (Phi) is 5.97. The van der Waals surface area contributed by atoms with Crippen LogP contribution in [0.3, 0.4) is 0 Å². The molecule has 0 saturated carbocycles. The van der Waals surface area contributed by atoms with Crippen molar-refractivity contribution in [2.24, 2.45) is 0 Å². The van der Waals surface area contributed by atoms with E-state index >= 15 is 0 Å². The van der Waals surface area contributed by atoms with E-state index in [1.807, 2.05) is 6.92 Å². The van der Waals surface area contributed by atoms with Gasteiger partial charge in [0.25, 0.3) is 0 Å². The van der Waals surface area contributed by atoms with E-state index in [1.165, 1.54) is 19.2 Å². The molecule has 1 heterocycles. The molecule has 23 heavy (non-hydrogen) atoms. The van der Waals surface area contributed by atoms with Crippen molar-refractivity contribution >= 4 is 16.1 Å². The van der Waals surface area contributed by atoms with Crippen molar-refractivity contribution in [1.82, 2.24) is 15.4 Å². The lowest BCUT2D eigenvalue weighted by Crippen LogP contribution is -2.45. The van der Waals surface area contributed by atoms with Gasteiger partial charge in [-0.15, -0.1) is 0 Å². The highest BCUT2D eigenvalue weighted by Gasteiger charge is 2.23. The van der Waals surface area contributed by atoms with Gasteiger partial charge in [-0.25, -0.2) is 17.9 Å². The fourth-order valence-electron chi connectivity index (χ4n) is 2.47. The minimum atomic E-state index is -3.48. The van der Waals surface area contributed by atoms with Gasteiger partial charge in [0, 0.05) is 13.2 Å². The molecule has 3 N–H and O–H groups in total. The van der Waals surface area contributed by atoms with Gasteiger partial charge >= 0.3 is 6.03 Å². The largest absolute Gasteiger partial charge is 0.376 e. The summed E-state index contributed by atoms with van der Waals surface area (Å²) in [5.41, 5.74) is 0.709. The Labute approximate surface area is 136 Å². The summed E-state index contributed by atoms with van der Waals surface area (Å²) in [7, 11) is -2.12. The van der Waals surface area contributed by atoms with E-state index in [9.17, 15) is 13.2 Å². The van der Waals surface area contributed by atoms with Crippen LogP contribution in [0.25, 0.3) is 0 Å². The van der Waals surface area contributed by atoms with Crippen LogP contribution in [0.1, 0.15) is 25.3 Å². The third-order valence-corrected chi connectivity index (χ3v) is 5.22. The number of amides is 2. The Morgan fingerprint density at radius 2 is 2.22 bits per heavy atom. The van der Waals surface area contributed by atoms with E-state index in [-0.39, 0.29) is 29.6 Å². The topological polar surface area (TPSA) is 96.5 Å². The van der Waals surface area contributed by atoms with Crippen molar-refractivity contribution in [3.05, 3.63) is 29.8 Å². The zero-order chi connectivity index (χ0) is 16.9. The first-order chi connectivity index (χ1) is 10.9. The summed E-state index contributed by atoms with van der Waals surface area (Å²) in [6.45, 7) is 2.90. The second kappa shape index (κ2) is 7.76. The number of carbonyl (C=O) groups excluding carboxylic acids is 1. The van der Waals surface area contributed by atoms with Crippen molar-refractivity contribution in [1.29, 1.82) is 0 Å². The Hall–Kier alpha value is -1.64. The molecule has 1 saturated heterocycles. The third kappa shape index (κ3) is 4.92. The molecule has 0 radical (unpaired) electrons. The Morgan fingerprint density at radius 3 is 2.87 bits per heavy atom. The summed E-state index contributed by atoms with van der Waals surface area (Å²) < 4.78 is 31.3. The number of hydrogen-bond acceptors (Lipinski definition) is 4. The monoisotopic (exact) mass is 341 g/mol. The molecule has 2 unspecified atom stereocenters. The smallest absolute Gasteiger partial charge is 0.315 e. The van der Waals surface area contributed by atoms with Gasteiger partial charge < -0.3 is 15.4 Å². The highest BCUT2D eigenvalue weighted by molar-refractivity contribution is 7.89. The van der Waals surface area contributed by atoms with Gasteiger partial charge in [0.1, 0.15) is 0 Å². The predicted molar refractivity (Wildman–Crippen MR) is 86.5 cm³/mol. The summed E-state index contributed by atoms with van der Waals surface area (Å²) in [5, 5.41) is 5.57. The summed E-state index contributed by atoms with van der Waals surface area (Å²) in [6.07, 6.45) is 2.03. The maximum atomic E-state index is 11.9. The van der Waals surface area contributed by atoms with Crippen molar-refractivity contribution in [2.75, 3.05) is 13.7 Å². The normalized spacial score (nSPS) is 19.3. The van der Waals surface area contributed by atoms with E-state index in [2.05, 4.69) is 15.4 Å². The molecule has 0 spiro atoms. The molecule has 0 aromatic heterocycles. The summed E-state index contributed by atoms with van der Waals surface area (Å²) in [6, 6.07) is 6.10. The molecule has 0 aliphatic carbocycles. The number of nitrogens with one attached hydrogen (secondary N) is 3. The molecule has 1 aromatic carbocycles. The zero-order valence-electron chi connectivity index (χ0n) is 13.3. The second-order valence-electron chi connectivity index (χ2n) is 5.52. The molecule has 8 heteroatoms. The third-order valence-electron chi connectivity index (χ3n) is 3.81. The number of rotatable bonds is 6. The van der Waals surface area contributed by atoms with Gasteiger partial charge in [-0.1, -0.05) is 12.1 Å². The van der Waals surface area contributed by atoms with Gasteiger partial charge in [0.15, 0.2) is 0 Å². The van der Waals surface area contributed by atoms with E-state index in [4.69, 9.17) is 4.74 Å². The van der Waals surface area contributed by atoms with Crippen LogP contribution in [0.5, 0.6) is 0 Å². The minimum absolute atomic E-state index is 0.0600. The lowest BCUT2D eigenvalue weighted by atomic mass is 10.1. The molecule has 7 nitrogen and oxygen atoms in total. The fourth-order valence-corrected chi connectivity index (χ4v) is 3.27. The zero-order valence-corrected chi connectivity index (χ0v) is 14.2. The van der Waals surface area contributed by atoms with Gasteiger partial charge in [-0.2, -0.15) is 0 Å². The molecule has 1 aliphatic heterocycles. The Morgan fingerprint density at radius 1 is 1.43 bits per heavy atom. The predicted octanol–water partition coefficient (Wildman–Crippen LogP) is 0.961.